The maximum Gasteiger partial charge on any atom is 0.0190 e. The van der Waals surface area contributed by atoms with Gasteiger partial charge in [-0.05, 0) is 62.1 Å². The number of rotatable bonds is 7. The Hall–Kier alpha value is -0.470. The van der Waals surface area contributed by atoms with E-state index in [0.29, 0.717) is 6.04 Å². The van der Waals surface area contributed by atoms with E-state index in [1.807, 2.05) is 11.8 Å². The fourth-order valence-electron chi connectivity index (χ4n) is 3.73. The molecule has 1 aromatic rings. The summed E-state index contributed by atoms with van der Waals surface area (Å²) in [4.78, 5) is 1.40. The Morgan fingerprint density at radius 3 is 2.38 bits per heavy atom. The molecule has 0 aliphatic heterocycles. The van der Waals surface area contributed by atoms with Crippen LogP contribution in [0.5, 0.6) is 0 Å². The van der Waals surface area contributed by atoms with Crippen LogP contribution in [0, 0.1) is 17.8 Å². The van der Waals surface area contributed by atoms with Crippen molar-refractivity contribution in [3.8, 4) is 0 Å². The summed E-state index contributed by atoms with van der Waals surface area (Å²) in [6, 6.07) is 11.5. The highest BCUT2D eigenvalue weighted by atomic mass is 32.2. The van der Waals surface area contributed by atoms with E-state index in [0.717, 1.165) is 24.3 Å². The molecule has 1 fully saturated rings. The molecular formula is C19H31NS. The smallest absolute Gasteiger partial charge is 0.0190 e. The molecule has 1 saturated carbocycles. The Kier molecular flexibility index (Phi) is 7.12. The van der Waals surface area contributed by atoms with Gasteiger partial charge in [-0.3, -0.25) is 0 Å². The van der Waals surface area contributed by atoms with Crippen molar-refractivity contribution in [1.82, 2.24) is 5.32 Å². The number of thioether (sulfide) groups is 1. The van der Waals surface area contributed by atoms with Crippen molar-refractivity contribution in [1.29, 1.82) is 0 Å². The van der Waals surface area contributed by atoms with Crippen molar-refractivity contribution in [3.63, 3.8) is 0 Å². The molecule has 0 saturated heterocycles. The van der Waals surface area contributed by atoms with Crippen LogP contribution in [0.15, 0.2) is 35.2 Å². The molecule has 1 aromatic carbocycles. The summed E-state index contributed by atoms with van der Waals surface area (Å²) in [7, 11) is 0. The molecule has 1 nitrogen and oxygen atoms in total. The van der Waals surface area contributed by atoms with Gasteiger partial charge in [0.25, 0.3) is 0 Å². The average Bonchev–Trinajstić information content (AvgIpc) is 2.47. The topological polar surface area (TPSA) is 12.0 Å². The molecule has 0 amide bonds. The Morgan fingerprint density at radius 2 is 1.76 bits per heavy atom. The van der Waals surface area contributed by atoms with E-state index in [1.165, 1.54) is 36.3 Å². The summed E-state index contributed by atoms with van der Waals surface area (Å²) in [5, 5.41) is 3.83. The van der Waals surface area contributed by atoms with Gasteiger partial charge in [-0.25, -0.2) is 0 Å². The zero-order chi connectivity index (χ0) is 15.1. The predicted molar refractivity (Wildman–Crippen MR) is 94.9 cm³/mol. The van der Waals surface area contributed by atoms with E-state index >= 15 is 0 Å². The Morgan fingerprint density at radius 1 is 1.10 bits per heavy atom. The van der Waals surface area contributed by atoms with Gasteiger partial charge in [0, 0.05) is 16.7 Å². The lowest BCUT2D eigenvalue weighted by atomic mass is 9.74. The quantitative estimate of drug-likeness (QED) is 0.693. The lowest BCUT2D eigenvalue weighted by Gasteiger charge is -2.37. The van der Waals surface area contributed by atoms with Crippen LogP contribution >= 0.6 is 11.8 Å². The zero-order valence-electron chi connectivity index (χ0n) is 13.8. The number of benzene rings is 1. The Bertz CT molecular complexity index is 382. The second-order valence-corrected chi connectivity index (χ2v) is 7.96. The summed E-state index contributed by atoms with van der Waals surface area (Å²) in [5.41, 5.74) is 0. The minimum absolute atomic E-state index is 0.667. The molecule has 2 heteroatoms. The van der Waals surface area contributed by atoms with E-state index in [4.69, 9.17) is 0 Å². The molecule has 118 valence electrons. The van der Waals surface area contributed by atoms with E-state index in [9.17, 15) is 0 Å². The van der Waals surface area contributed by atoms with E-state index in [-0.39, 0.29) is 0 Å². The Labute approximate surface area is 135 Å². The first-order valence-corrected chi connectivity index (χ1v) is 9.58. The van der Waals surface area contributed by atoms with Gasteiger partial charge < -0.3 is 5.32 Å². The van der Waals surface area contributed by atoms with Gasteiger partial charge in [0.1, 0.15) is 0 Å². The molecule has 1 aliphatic carbocycles. The summed E-state index contributed by atoms with van der Waals surface area (Å²) in [6.45, 7) is 8.29. The summed E-state index contributed by atoms with van der Waals surface area (Å²) >= 11 is 2.01. The average molecular weight is 306 g/mol. The van der Waals surface area contributed by atoms with Gasteiger partial charge in [0.2, 0.25) is 0 Å². The molecule has 1 aliphatic rings. The molecule has 0 heterocycles. The molecule has 2 rings (SSSR count). The van der Waals surface area contributed by atoms with Crippen molar-refractivity contribution < 1.29 is 0 Å². The van der Waals surface area contributed by atoms with E-state index in [2.05, 4.69) is 56.4 Å². The maximum absolute atomic E-state index is 3.83. The zero-order valence-corrected chi connectivity index (χ0v) is 14.7. The fraction of sp³-hybridized carbons (Fsp3) is 0.684. The number of nitrogens with one attached hydrogen (secondary N) is 1. The van der Waals surface area contributed by atoms with Gasteiger partial charge >= 0.3 is 0 Å². The van der Waals surface area contributed by atoms with E-state index < -0.39 is 0 Å². The van der Waals surface area contributed by atoms with Crippen LogP contribution in [0.4, 0.5) is 0 Å². The summed E-state index contributed by atoms with van der Waals surface area (Å²) in [6.07, 6.45) is 5.45. The van der Waals surface area contributed by atoms with Crippen LogP contribution < -0.4 is 5.32 Å². The Balaban J connectivity index is 1.93. The summed E-state index contributed by atoms with van der Waals surface area (Å²) in [5.74, 6) is 3.85. The van der Waals surface area contributed by atoms with Crippen LogP contribution in [0.25, 0.3) is 0 Å². The number of hydrogen-bond acceptors (Lipinski definition) is 2. The van der Waals surface area contributed by atoms with Gasteiger partial charge in [-0.1, -0.05) is 39.0 Å². The standard InChI is InChI=1S/C19H31NS/c1-4-10-20-19(14-21-18-8-6-5-7-9-18)17-12-15(2)11-16(3)13-17/h5-9,15-17,19-20H,4,10-14H2,1-3H3. The monoisotopic (exact) mass is 305 g/mol. The fourth-order valence-corrected chi connectivity index (χ4v) is 4.84. The molecule has 1 N–H and O–H groups in total. The predicted octanol–water partition coefficient (Wildman–Crippen LogP) is 5.22. The lowest BCUT2D eigenvalue weighted by molar-refractivity contribution is 0.184. The van der Waals surface area contributed by atoms with Crippen LogP contribution in [0.1, 0.15) is 46.5 Å². The first-order valence-electron chi connectivity index (χ1n) is 8.60. The van der Waals surface area contributed by atoms with Crippen molar-refractivity contribution in [3.05, 3.63) is 30.3 Å². The molecule has 3 atom stereocenters. The molecular weight excluding hydrogens is 274 g/mol. The third kappa shape index (κ3) is 5.67. The van der Waals surface area contributed by atoms with Crippen molar-refractivity contribution in [2.75, 3.05) is 12.3 Å². The van der Waals surface area contributed by atoms with Crippen LogP contribution in [-0.2, 0) is 0 Å². The SMILES string of the molecule is CCCNC(CSc1ccccc1)C1CC(C)CC(C)C1. The van der Waals surface area contributed by atoms with E-state index in [1.54, 1.807) is 0 Å². The van der Waals surface area contributed by atoms with Crippen LogP contribution in [0.3, 0.4) is 0 Å². The van der Waals surface area contributed by atoms with Crippen molar-refractivity contribution in [2.24, 2.45) is 17.8 Å². The highest BCUT2D eigenvalue weighted by Gasteiger charge is 2.29. The molecule has 0 radical (unpaired) electrons. The highest BCUT2D eigenvalue weighted by molar-refractivity contribution is 7.99. The van der Waals surface area contributed by atoms with Gasteiger partial charge in [-0.15, -0.1) is 11.8 Å². The minimum Gasteiger partial charge on any atom is -0.313 e. The van der Waals surface area contributed by atoms with Crippen LogP contribution in [-0.4, -0.2) is 18.3 Å². The second kappa shape index (κ2) is 8.85. The number of hydrogen-bond donors (Lipinski definition) is 1. The second-order valence-electron chi connectivity index (χ2n) is 6.86. The summed E-state index contributed by atoms with van der Waals surface area (Å²) < 4.78 is 0. The first kappa shape index (κ1) is 16.9. The molecule has 0 aromatic heterocycles. The minimum atomic E-state index is 0.667. The van der Waals surface area contributed by atoms with Gasteiger partial charge in [0.15, 0.2) is 0 Å². The van der Waals surface area contributed by atoms with Gasteiger partial charge in [0.05, 0.1) is 0 Å². The van der Waals surface area contributed by atoms with Crippen molar-refractivity contribution >= 4 is 11.8 Å². The third-order valence-corrected chi connectivity index (χ3v) is 5.74. The molecule has 0 spiro atoms. The maximum atomic E-state index is 3.83. The largest absolute Gasteiger partial charge is 0.313 e. The van der Waals surface area contributed by atoms with Crippen LogP contribution in [0.2, 0.25) is 0 Å². The third-order valence-electron chi connectivity index (χ3n) is 4.61. The molecule has 0 bridgehead atoms. The molecule has 21 heavy (non-hydrogen) atoms. The van der Waals surface area contributed by atoms with Gasteiger partial charge in [-0.2, -0.15) is 0 Å². The highest BCUT2D eigenvalue weighted by Crippen LogP contribution is 2.36. The van der Waals surface area contributed by atoms with Crippen molar-refractivity contribution in [2.45, 2.75) is 57.4 Å². The molecule has 3 unspecified atom stereocenters. The first-order chi connectivity index (χ1) is 10.2. The lowest BCUT2D eigenvalue weighted by Crippen LogP contribution is -2.42. The normalized spacial score (nSPS) is 27.5.